The van der Waals surface area contributed by atoms with Gasteiger partial charge < -0.3 is 30.2 Å². The predicted octanol–water partition coefficient (Wildman–Crippen LogP) is 0.804. The summed E-state index contributed by atoms with van der Waals surface area (Å²) < 4.78 is 12.1. The van der Waals surface area contributed by atoms with Crippen LogP contribution in [0.25, 0.3) is 11.2 Å². The van der Waals surface area contributed by atoms with Crippen molar-refractivity contribution >= 4 is 29.2 Å². The Balaban J connectivity index is 1.56. The summed E-state index contributed by atoms with van der Waals surface area (Å²) >= 11 is 0. The number of alkyl carbamates (subject to hydrolysis) is 1. The second-order valence-electron chi connectivity index (χ2n) is 8.13. The number of carbonyl (C=O) groups excluding carboxylic acids is 2. The molecule has 0 saturated heterocycles. The van der Waals surface area contributed by atoms with Crippen LogP contribution in [0.4, 0.5) is 10.7 Å². The number of ether oxygens (including phenoxy) is 2. The summed E-state index contributed by atoms with van der Waals surface area (Å²) in [6.45, 7) is 3.34. The van der Waals surface area contributed by atoms with Crippen LogP contribution in [0.2, 0.25) is 0 Å². The van der Waals surface area contributed by atoms with Gasteiger partial charge in [0.1, 0.15) is 12.6 Å². The highest BCUT2D eigenvalue weighted by molar-refractivity contribution is 5.81. The lowest BCUT2D eigenvalue weighted by molar-refractivity contribution is -0.149. The van der Waals surface area contributed by atoms with Crippen LogP contribution in [0, 0.1) is 11.8 Å². The molecule has 2 heterocycles. The summed E-state index contributed by atoms with van der Waals surface area (Å²) in [4.78, 5) is 47.2. The molecule has 0 radical (unpaired) electrons. The molecule has 1 aromatic carbocycles. The molecule has 0 fully saturated rings. The summed E-state index contributed by atoms with van der Waals surface area (Å²) in [6.07, 6.45) is 0.662. The van der Waals surface area contributed by atoms with Crippen molar-refractivity contribution in [1.82, 2.24) is 24.8 Å². The van der Waals surface area contributed by atoms with Crippen LogP contribution >= 0.6 is 0 Å². The Morgan fingerprint density at radius 1 is 1.24 bits per heavy atom. The lowest BCUT2D eigenvalue weighted by atomic mass is 10.1. The van der Waals surface area contributed by atoms with E-state index in [2.05, 4.69) is 20.3 Å². The van der Waals surface area contributed by atoms with Gasteiger partial charge in [0.15, 0.2) is 11.2 Å². The number of carbonyl (C=O) groups is 2. The summed E-state index contributed by atoms with van der Waals surface area (Å²) in [7, 11) is 0. The van der Waals surface area contributed by atoms with Crippen molar-refractivity contribution in [2.75, 3.05) is 18.9 Å². The number of fused-ring (bicyclic) bond motifs is 1. The number of hydrogen-bond acceptors (Lipinski definition) is 9. The van der Waals surface area contributed by atoms with Gasteiger partial charge in [-0.1, -0.05) is 44.2 Å². The molecule has 1 amide bonds. The van der Waals surface area contributed by atoms with Crippen molar-refractivity contribution in [1.29, 1.82) is 0 Å². The lowest BCUT2D eigenvalue weighted by Gasteiger charge is -2.22. The first-order chi connectivity index (χ1) is 16.3. The Labute approximate surface area is 195 Å². The number of aromatic nitrogens is 4. The van der Waals surface area contributed by atoms with Crippen LogP contribution in [-0.4, -0.2) is 55.9 Å². The molecule has 1 unspecified atom stereocenters. The van der Waals surface area contributed by atoms with E-state index in [4.69, 9.17) is 15.2 Å². The van der Waals surface area contributed by atoms with Gasteiger partial charge in [0.2, 0.25) is 5.95 Å². The second-order valence-corrected chi connectivity index (χ2v) is 8.13. The Kier molecular flexibility index (Phi) is 8.19. The molecule has 3 aromatic rings. The first-order valence-corrected chi connectivity index (χ1v) is 10.7. The number of aliphatic hydroxyl groups is 1. The minimum Gasteiger partial charge on any atom is -0.464 e. The number of amides is 1. The molecule has 5 N–H and O–H groups in total. The zero-order chi connectivity index (χ0) is 24.7. The van der Waals surface area contributed by atoms with E-state index in [9.17, 15) is 19.5 Å². The van der Waals surface area contributed by atoms with Crippen LogP contribution in [0.1, 0.15) is 19.4 Å². The summed E-state index contributed by atoms with van der Waals surface area (Å²) in [5, 5.41) is 12.3. The van der Waals surface area contributed by atoms with E-state index >= 15 is 0 Å². The van der Waals surface area contributed by atoms with Gasteiger partial charge in [-0.2, -0.15) is 4.98 Å². The molecule has 0 aliphatic heterocycles. The Morgan fingerprint density at radius 3 is 2.65 bits per heavy atom. The number of aromatic amines is 1. The van der Waals surface area contributed by atoms with E-state index in [0.717, 1.165) is 5.56 Å². The van der Waals surface area contributed by atoms with Crippen molar-refractivity contribution in [3.63, 3.8) is 0 Å². The minimum absolute atomic E-state index is 0.0590. The Bertz CT molecular complexity index is 1180. The second kappa shape index (κ2) is 11.3. The van der Waals surface area contributed by atoms with Gasteiger partial charge in [0.25, 0.3) is 5.56 Å². The van der Waals surface area contributed by atoms with Crippen molar-refractivity contribution < 1.29 is 24.2 Å². The number of imidazole rings is 1. The number of benzene rings is 1. The topological polar surface area (TPSA) is 174 Å². The zero-order valence-electron chi connectivity index (χ0n) is 18.9. The summed E-state index contributed by atoms with van der Waals surface area (Å²) in [6, 6.07) is 8.22. The number of anilines is 1. The first kappa shape index (κ1) is 24.7. The third kappa shape index (κ3) is 6.32. The highest BCUT2D eigenvalue weighted by Crippen LogP contribution is 2.12. The maximum Gasteiger partial charge on any atom is 0.408 e. The van der Waals surface area contributed by atoms with Crippen molar-refractivity contribution in [3.05, 3.63) is 52.6 Å². The number of nitrogens with one attached hydrogen (secondary N) is 2. The van der Waals surface area contributed by atoms with Crippen molar-refractivity contribution in [2.45, 2.75) is 33.0 Å². The molecule has 2 aromatic heterocycles. The largest absolute Gasteiger partial charge is 0.464 e. The number of rotatable bonds is 10. The van der Waals surface area contributed by atoms with Crippen molar-refractivity contribution in [2.24, 2.45) is 11.8 Å². The number of nitrogen functional groups attached to an aromatic ring is 1. The molecule has 3 rings (SSSR count). The average molecular weight is 473 g/mol. The fraction of sp³-hybridized carbons (Fsp3) is 0.409. The van der Waals surface area contributed by atoms with Gasteiger partial charge in [0, 0.05) is 12.5 Å². The zero-order valence-corrected chi connectivity index (χ0v) is 18.9. The Morgan fingerprint density at radius 2 is 1.97 bits per heavy atom. The molecule has 12 nitrogen and oxygen atoms in total. The molecule has 182 valence electrons. The molecular formula is C22H28N6O6. The van der Waals surface area contributed by atoms with E-state index in [1.165, 1.54) is 6.33 Å². The molecule has 2 atom stereocenters. The Hall–Kier alpha value is -3.93. The van der Waals surface area contributed by atoms with Gasteiger partial charge >= 0.3 is 12.1 Å². The first-order valence-electron chi connectivity index (χ1n) is 10.7. The normalized spacial score (nSPS) is 12.9. The number of nitrogens with zero attached hydrogens (tertiary/aromatic N) is 3. The van der Waals surface area contributed by atoms with Gasteiger partial charge in [0.05, 0.1) is 19.5 Å². The van der Waals surface area contributed by atoms with E-state index in [0.29, 0.717) is 0 Å². The molecular weight excluding hydrogens is 444 g/mol. The number of aliphatic hydroxyl groups excluding tert-OH is 1. The molecule has 0 aliphatic rings. The van der Waals surface area contributed by atoms with Gasteiger partial charge in [-0.3, -0.25) is 9.78 Å². The fourth-order valence-electron chi connectivity index (χ4n) is 3.22. The van der Waals surface area contributed by atoms with Crippen LogP contribution in [0.5, 0.6) is 0 Å². The molecule has 0 saturated carbocycles. The summed E-state index contributed by atoms with van der Waals surface area (Å²) in [5.41, 5.74) is 6.31. The molecule has 12 heteroatoms. The maximum atomic E-state index is 12.7. The average Bonchev–Trinajstić information content (AvgIpc) is 3.21. The van der Waals surface area contributed by atoms with E-state index in [1.54, 1.807) is 18.4 Å². The minimum atomic E-state index is -0.934. The maximum absolute atomic E-state index is 12.7. The van der Waals surface area contributed by atoms with Crippen LogP contribution < -0.4 is 16.6 Å². The molecule has 0 spiro atoms. The number of esters is 1. The highest BCUT2D eigenvalue weighted by Gasteiger charge is 2.27. The van der Waals surface area contributed by atoms with Gasteiger partial charge in [-0.05, 0) is 11.5 Å². The fourth-order valence-corrected chi connectivity index (χ4v) is 3.22. The molecule has 0 bridgehead atoms. The molecule has 0 aliphatic carbocycles. The SMILES string of the molecule is CC(C)[C@H](NC(=O)OCc1ccccc1)C(=O)OCC(CO)Cn1cnc2c(=O)[nH]c(N)nc21. The van der Waals surface area contributed by atoms with Gasteiger partial charge in [-0.15, -0.1) is 0 Å². The number of H-pyrrole nitrogens is 1. The number of nitrogens with two attached hydrogens (primary N) is 1. The number of hydrogen-bond donors (Lipinski definition) is 4. The van der Waals surface area contributed by atoms with Gasteiger partial charge in [-0.25, -0.2) is 14.6 Å². The van der Waals surface area contributed by atoms with Crippen LogP contribution in [-0.2, 0) is 27.4 Å². The predicted molar refractivity (Wildman–Crippen MR) is 122 cm³/mol. The van der Waals surface area contributed by atoms with Crippen molar-refractivity contribution in [3.8, 4) is 0 Å². The van der Waals surface area contributed by atoms with Crippen LogP contribution in [0.3, 0.4) is 0 Å². The van der Waals surface area contributed by atoms with E-state index < -0.39 is 29.6 Å². The highest BCUT2D eigenvalue weighted by atomic mass is 16.6. The lowest BCUT2D eigenvalue weighted by Crippen LogP contribution is -2.46. The standard InChI is InChI=1S/C22H28N6O6/c1-13(2)16(25-22(32)34-10-14-6-4-3-5-7-14)20(31)33-11-15(9-29)8-28-12-24-17-18(28)26-21(23)27-19(17)30/h3-7,12-13,15-16,29H,8-11H2,1-2H3,(H,25,32)(H3,23,26,27,30)/t15?,16-/m0/s1. The quantitative estimate of drug-likeness (QED) is 0.311. The van der Waals surface area contributed by atoms with Crippen LogP contribution in [0.15, 0.2) is 41.5 Å². The third-order valence-electron chi connectivity index (χ3n) is 5.07. The smallest absolute Gasteiger partial charge is 0.408 e. The van der Waals surface area contributed by atoms with E-state index in [1.807, 2.05) is 30.3 Å². The molecule has 34 heavy (non-hydrogen) atoms. The monoisotopic (exact) mass is 472 g/mol. The summed E-state index contributed by atoms with van der Waals surface area (Å²) in [5.74, 6) is -1.49. The van der Waals surface area contributed by atoms with E-state index in [-0.39, 0.29) is 49.4 Å². The third-order valence-corrected chi connectivity index (χ3v) is 5.07.